The van der Waals surface area contributed by atoms with Gasteiger partial charge >= 0.3 is 0 Å². The molecule has 0 aliphatic carbocycles. The van der Waals surface area contributed by atoms with Gasteiger partial charge in [-0.25, -0.2) is 10.1 Å². The van der Waals surface area contributed by atoms with E-state index in [0.29, 0.717) is 34.2 Å². The molecule has 32 heavy (non-hydrogen) atoms. The highest BCUT2D eigenvalue weighted by Gasteiger charge is 2.16. The third-order valence-corrected chi connectivity index (χ3v) is 4.20. The van der Waals surface area contributed by atoms with Gasteiger partial charge in [-0.3, -0.25) is 4.79 Å². The molecule has 0 radical (unpaired) electrons. The van der Waals surface area contributed by atoms with Crippen LogP contribution in [-0.4, -0.2) is 48.9 Å². The second kappa shape index (κ2) is 10.0. The average molecular weight is 440 g/mol. The first-order valence-corrected chi connectivity index (χ1v) is 9.14. The number of carbonyl (C=O) groups is 1. The van der Waals surface area contributed by atoms with Crippen LogP contribution in [-0.2, 0) is 0 Å². The Morgan fingerprint density at radius 2 is 1.78 bits per heavy atom. The van der Waals surface area contributed by atoms with Gasteiger partial charge < -0.3 is 19.3 Å². The standard InChI is InChI=1S/C20H20N6O6/c1-11-19(26-32-25-11)23-22-14-6-5-12(15(27)9-14)10-21-24-20(28)13-7-16(29-2)18(31-4)17(8-13)30-3/h5-10,27H,1-4H3,(H,24,28). The van der Waals surface area contributed by atoms with E-state index < -0.39 is 5.91 Å². The van der Waals surface area contributed by atoms with Crippen molar-refractivity contribution in [1.82, 2.24) is 15.7 Å². The lowest BCUT2D eigenvalue weighted by molar-refractivity contribution is 0.0954. The number of carbonyl (C=O) groups excluding carboxylic acids is 1. The van der Waals surface area contributed by atoms with Crippen molar-refractivity contribution in [2.75, 3.05) is 21.3 Å². The molecule has 0 aliphatic heterocycles. The number of phenols is 1. The van der Waals surface area contributed by atoms with Gasteiger partial charge in [0.1, 0.15) is 11.4 Å². The average Bonchev–Trinajstić information content (AvgIpc) is 3.22. The first kappa shape index (κ1) is 22.2. The molecule has 166 valence electrons. The van der Waals surface area contributed by atoms with Crippen molar-refractivity contribution < 1.29 is 28.7 Å². The van der Waals surface area contributed by atoms with E-state index in [1.807, 2.05) is 0 Å². The number of nitrogens with one attached hydrogen (secondary N) is 1. The lowest BCUT2D eigenvalue weighted by atomic mass is 10.1. The van der Waals surface area contributed by atoms with E-state index in [4.69, 9.17) is 14.2 Å². The van der Waals surface area contributed by atoms with Crippen LogP contribution < -0.4 is 19.6 Å². The number of aryl methyl sites for hydroxylation is 1. The smallest absolute Gasteiger partial charge is 0.271 e. The predicted octanol–water partition coefficient (Wildman–Crippen LogP) is 3.29. The Morgan fingerprint density at radius 1 is 1.06 bits per heavy atom. The summed E-state index contributed by atoms with van der Waals surface area (Å²) in [6, 6.07) is 7.54. The Morgan fingerprint density at radius 3 is 2.34 bits per heavy atom. The molecule has 0 unspecified atom stereocenters. The van der Waals surface area contributed by atoms with Crippen LogP contribution in [0.5, 0.6) is 23.0 Å². The Labute approximate surface area is 182 Å². The van der Waals surface area contributed by atoms with E-state index in [-0.39, 0.29) is 17.1 Å². The fourth-order valence-electron chi connectivity index (χ4n) is 2.56. The predicted molar refractivity (Wildman–Crippen MR) is 112 cm³/mol. The number of aromatic nitrogens is 2. The molecular weight excluding hydrogens is 420 g/mol. The first-order chi connectivity index (χ1) is 15.5. The number of ether oxygens (including phenoxy) is 3. The number of hydrazone groups is 1. The summed E-state index contributed by atoms with van der Waals surface area (Å²) in [5.41, 5.74) is 3.85. The molecule has 3 aromatic rings. The fraction of sp³-hybridized carbons (Fsp3) is 0.200. The maximum absolute atomic E-state index is 12.4. The fourth-order valence-corrected chi connectivity index (χ4v) is 2.56. The number of aromatic hydroxyl groups is 1. The van der Waals surface area contributed by atoms with Crippen molar-refractivity contribution in [2.24, 2.45) is 15.3 Å². The molecule has 12 nitrogen and oxygen atoms in total. The zero-order valence-corrected chi connectivity index (χ0v) is 17.7. The van der Waals surface area contributed by atoms with Crippen molar-refractivity contribution in [3.63, 3.8) is 0 Å². The molecule has 0 spiro atoms. The lowest BCUT2D eigenvalue weighted by Crippen LogP contribution is -2.18. The van der Waals surface area contributed by atoms with Gasteiger partial charge in [-0.1, -0.05) is 5.16 Å². The summed E-state index contributed by atoms with van der Waals surface area (Å²) in [5.74, 6) is 0.654. The van der Waals surface area contributed by atoms with Gasteiger partial charge in [0, 0.05) is 17.2 Å². The van der Waals surface area contributed by atoms with E-state index in [1.54, 1.807) is 19.1 Å². The van der Waals surface area contributed by atoms with Crippen molar-refractivity contribution in [2.45, 2.75) is 6.92 Å². The van der Waals surface area contributed by atoms with E-state index in [2.05, 4.69) is 35.7 Å². The number of methoxy groups -OCH3 is 3. The summed E-state index contributed by atoms with van der Waals surface area (Å²) >= 11 is 0. The third-order valence-electron chi connectivity index (χ3n) is 4.20. The molecule has 12 heteroatoms. The zero-order valence-electron chi connectivity index (χ0n) is 17.7. The van der Waals surface area contributed by atoms with Crippen LogP contribution in [0, 0.1) is 6.92 Å². The number of nitrogens with zero attached hydrogens (tertiary/aromatic N) is 5. The summed E-state index contributed by atoms with van der Waals surface area (Å²) in [5, 5.41) is 29.1. The number of phenolic OH excluding ortho intramolecular Hbond substituents is 1. The minimum absolute atomic E-state index is 0.109. The Balaban J connectivity index is 1.70. The van der Waals surface area contributed by atoms with Crippen LogP contribution in [0.25, 0.3) is 0 Å². The summed E-state index contributed by atoms with van der Waals surface area (Å²) in [6.07, 6.45) is 1.29. The first-order valence-electron chi connectivity index (χ1n) is 9.14. The van der Waals surface area contributed by atoms with Gasteiger partial charge in [0.15, 0.2) is 11.5 Å². The monoisotopic (exact) mass is 440 g/mol. The lowest BCUT2D eigenvalue weighted by Gasteiger charge is -2.13. The Kier molecular flexibility index (Phi) is 6.95. The molecule has 0 fully saturated rings. The van der Waals surface area contributed by atoms with Crippen molar-refractivity contribution in [1.29, 1.82) is 0 Å². The van der Waals surface area contributed by atoms with Crippen LogP contribution in [0.4, 0.5) is 11.5 Å². The number of azo groups is 1. The van der Waals surface area contributed by atoms with E-state index in [9.17, 15) is 9.90 Å². The molecule has 1 amide bonds. The molecule has 0 atom stereocenters. The summed E-state index contributed by atoms with van der Waals surface area (Å²) in [7, 11) is 4.37. The maximum atomic E-state index is 12.4. The summed E-state index contributed by atoms with van der Waals surface area (Å²) in [6.45, 7) is 1.67. The second-order valence-corrected chi connectivity index (χ2v) is 6.23. The van der Waals surface area contributed by atoms with Crippen molar-refractivity contribution in [3.8, 4) is 23.0 Å². The highest BCUT2D eigenvalue weighted by Crippen LogP contribution is 2.38. The highest BCUT2D eigenvalue weighted by molar-refractivity contribution is 5.96. The quantitative estimate of drug-likeness (QED) is 0.307. The zero-order chi connectivity index (χ0) is 23.1. The van der Waals surface area contributed by atoms with Crippen LogP contribution >= 0.6 is 0 Å². The molecule has 2 N–H and O–H groups in total. The number of hydrogen-bond acceptors (Lipinski definition) is 11. The maximum Gasteiger partial charge on any atom is 0.271 e. The summed E-state index contributed by atoms with van der Waals surface area (Å²) in [4.78, 5) is 12.4. The Bertz CT molecular complexity index is 1150. The van der Waals surface area contributed by atoms with Gasteiger partial charge in [-0.2, -0.15) is 5.10 Å². The highest BCUT2D eigenvalue weighted by atomic mass is 16.6. The molecule has 0 aliphatic rings. The molecule has 0 bridgehead atoms. The van der Waals surface area contributed by atoms with Gasteiger partial charge in [-0.05, 0) is 36.3 Å². The normalized spacial score (nSPS) is 11.1. The van der Waals surface area contributed by atoms with Crippen LogP contribution in [0.2, 0.25) is 0 Å². The van der Waals surface area contributed by atoms with Gasteiger partial charge in [0.05, 0.1) is 33.2 Å². The number of amides is 1. The number of rotatable bonds is 8. The molecule has 1 aromatic heterocycles. The van der Waals surface area contributed by atoms with Crippen molar-refractivity contribution in [3.05, 3.63) is 47.2 Å². The third kappa shape index (κ3) is 4.98. The number of hydrogen-bond donors (Lipinski definition) is 2. The van der Waals surface area contributed by atoms with Gasteiger partial charge in [0.2, 0.25) is 11.6 Å². The molecule has 0 saturated heterocycles. The second-order valence-electron chi connectivity index (χ2n) is 6.23. The summed E-state index contributed by atoms with van der Waals surface area (Å²) < 4.78 is 20.2. The molecule has 1 heterocycles. The largest absolute Gasteiger partial charge is 0.507 e. The van der Waals surface area contributed by atoms with E-state index >= 15 is 0 Å². The van der Waals surface area contributed by atoms with Crippen LogP contribution in [0.1, 0.15) is 21.6 Å². The SMILES string of the molecule is COc1cc(C(=O)NN=Cc2ccc(N=Nc3nonc3C)cc2O)cc(OC)c1OC. The van der Waals surface area contributed by atoms with Crippen LogP contribution in [0.3, 0.4) is 0 Å². The number of benzene rings is 2. The Hall–Kier alpha value is -4.48. The van der Waals surface area contributed by atoms with E-state index in [1.165, 1.54) is 45.7 Å². The van der Waals surface area contributed by atoms with Gasteiger partial charge in [-0.15, -0.1) is 10.2 Å². The minimum atomic E-state index is -0.512. The van der Waals surface area contributed by atoms with Gasteiger partial charge in [0.25, 0.3) is 5.91 Å². The van der Waals surface area contributed by atoms with E-state index in [0.717, 1.165) is 0 Å². The van der Waals surface area contributed by atoms with Crippen LogP contribution in [0.15, 0.2) is 50.3 Å². The minimum Gasteiger partial charge on any atom is -0.507 e. The molecular formula is C20H20N6O6. The van der Waals surface area contributed by atoms with Crippen molar-refractivity contribution >= 4 is 23.6 Å². The molecule has 2 aromatic carbocycles. The molecule has 0 saturated carbocycles. The topological polar surface area (TPSA) is 153 Å². The molecule has 3 rings (SSSR count).